The van der Waals surface area contributed by atoms with Crippen molar-refractivity contribution < 1.29 is 18.3 Å². The largest absolute Gasteiger partial charge is 0.375 e. The van der Waals surface area contributed by atoms with Gasteiger partial charge < -0.3 is 9.64 Å². The van der Waals surface area contributed by atoms with Crippen molar-refractivity contribution in [3.05, 3.63) is 33.8 Å². The molecule has 0 aromatic heterocycles. The summed E-state index contributed by atoms with van der Waals surface area (Å²) in [5.74, 6) is -2.32. The van der Waals surface area contributed by atoms with Crippen LogP contribution in [0.2, 0.25) is 0 Å². The van der Waals surface area contributed by atoms with E-state index in [1.807, 2.05) is 13.8 Å². The van der Waals surface area contributed by atoms with E-state index in [2.05, 4.69) is 15.9 Å². The summed E-state index contributed by atoms with van der Waals surface area (Å²) in [5, 5.41) is 0. The van der Waals surface area contributed by atoms with Crippen molar-refractivity contribution in [2.24, 2.45) is 0 Å². The van der Waals surface area contributed by atoms with Crippen molar-refractivity contribution in [1.29, 1.82) is 0 Å². The van der Waals surface area contributed by atoms with Crippen LogP contribution in [0.4, 0.5) is 8.78 Å². The van der Waals surface area contributed by atoms with Gasteiger partial charge in [-0.3, -0.25) is 4.79 Å². The molecule has 6 heteroatoms. The minimum Gasteiger partial charge on any atom is -0.375 e. The zero-order chi connectivity index (χ0) is 14.9. The molecule has 0 N–H and O–H groups in total. The first-order valence-corrected chi connectivity index (χ1v) is 7.30. The molecule has 1 aromatic carbocycles. The van der Waals surface area contributed by atoms with Gasteiger partial charge in [-0.25, -0.2) is 8.78 Å². The van der Waals surface area contributed by atoms with Gasteiger partial charge in [-0.05, 0) is 25.5 Å². The van der Waals surface area contributed by atoms with Crippen molar-refractivity contribution >= 4 is 21.8 Å². The first kappa shape index (κ1) is 15.4. The SMILES string of the molecule is CCC1COC(C)CN1C(=O)c1c(F)cc(Br)cc1F. The molecule has 1 aliphatic rings. The zero-order valence-corrected chi connectivity index (χ0v) is 12.9. The third-order valence-electron chi connectivity index (χ3n) is 3.42. The Morgan fingerprint density at radius 2 is 2.05 bits per heavy atom. The maximum Gasteiger partial charge on any atom is 0.260 e. The Morgan fingerprint density at radius 3 is 2.60 bits per heavy atom. The smallest absolute Gasteiger partial charge is 0.260 e. The average Bonchev–Trinajstić information content (AvgIpc) is 2.37. The van der Waals surface area contributed by atoms with Gasteiger partial charge in [0.05, 0.1) is 18.8 Å². The molecule has 1 amide bonds. The van der Waals surface area contributed by atoms with Gasteiger partial charge >= 0.3 is 0 Å². The minimum atomic E-state index is -0.851. The Kier molecular flexibility index (Phi) is 4.75. The highest BCUT2D eigenvalue weighted by atomic mass is 79.9. The number of ether oxygens (including phenoxy) is 1. The highest BCUT2D eigenvalue weighted by molar-refractivity contribution is 9.10. The standard InChI is InChI=1S/C14H16BrF2NO2/c1-3-10-7-20-8(2)6-18(10)14(19)13-11(16)4-9(15)5-12(13)17/h4-5,8,10H,3,6-7H2,1-2H3. The number of hydrogen-bond donors (Lipinski definition) is 0. The van der Waals surface area contributed by atoms with E-state index in [4.69, 9.17) is 4.74 Å². The van der Waals surface area contributed by atoms with Crippen LogP contribution >= 0.6 is 15.9 Å². The van der Waals surface area contributed by atoms with Gasteiger partial charge in [-0.1, -0.05) is 22.9 Å². The van der Waals surface area contributed by atoms with E-state index in [0.29, 0.717) is 19.6 Å². The third kappa shape index (κ3) is 3.01. The first-order chi connectivity index (χ1) is 9.43. The maximum absolute atomic E-state index is 13.9. The summed E-state index contributed by atoms with van der Waals surface area (Å²) in [6, 6.07) is 2.04. The average molecular weight is 348 g/mol. The fourth-order valence-corrected chi connectivity index (χ4v) is 2.72. The van der Waals surface area contributed by atoms with Crippen LogP contribution in [0, 0.1) is 11.6 Å². The molecule has 1 fully saturated rings. The van der Waals surface area contributed by atoms with Crippen molar-refractivity contribution in [1.82, 2.24) is 4.90 Å². The molecule has 0 radical (unpaired) electrons. The number of carbonyl (C=O) groups excluding carboxylic acids is 1. The van der Waals surface area contributed by atoms with Gasteiger partial charge in [0, 0.05) is 11.0 Å². The Hall–Kier alpha value is -1.01. The topological polar surface area (TPSA) is 29.5 Å². The van der Waals surface area contributed by atoms with Crippen molar-refractivity contribution in [2.75, 3.05) is 13.2 Å². The lowest BCUT2D eigenvalue weighted by atomic mass is 10.1. The molecule has 0 spiro atoms. The van der Waals surface area contributed by atoms with Gasteiger partial charge in [0.15, 0.2) is 0 Å². The van der Waals surface area contributed by atoms with Crippen molar-refractivity contribution in [3.8, 4) is 0 Å². The fourth-order valence-electron chi connectivity index (χ4n) is 2.32. The Morgan fingerprint density at radius 1 is 1.45 bits per heavy atom. The Bertz CT molecular complexity index is 501. The number of hydrogen-bond acceptors (Lipinski definition) is 2. The first-order valence-electron chi connectivity index (χ1n) is 6.51. The van der Waals surface area contributed by atoms with E-state index in [9.17, 15) is 13.6 Å². The lowest BCUT2D eigenvalue weighted by molar-refractivity contribution is -0.0447. The molecule has 0 bridgehead atoms. The van der Waals surface area contributed by atoms with Gasteiger partial charge in [-0.2, -0.15) is 0 Å². The Labute approximate surface area is 125 Å². The number of benzene rings is 1. The van der Waals surface area contributed by atoms with E-state index in [0.717, 1.165) is 12.1 Å². The summed E-state index contributed by atoms with van der Waals surface area (Å²) in [7, 11) is 0. The van der Waals surface area contributed by atoms with Gasteiger partial charge in [0.2, 0.25) is 0 Å². The molecular formula is C14H16BrF2NO2. The molecule has 1 aliphatic heterocycles. The summed E-state index contributed by atoms with van der Waals surface area (Å²) in [4.78, 5) is 13.9. The second-order valence-electron chi connectivity index (χ2n) is 4.91. The molecular weight excluding hydrogens is 332 g/mol. The summed E-state index contributed by atoms with van der Waals surface area (Å²) in [6.07, 6.45) is 0.543. The van der Waals surface area contributed by atoms with Crippen molar-refractivity contribution in [2.45, 2.75) is 32.4 Å². The predicted octanol–water partition coefficient (Wildman–Crippen LogP) is 3.37. The van der Waals surface area contributed by atoms with E-state index in [1.165, 1.54) is 4.90 Å². The van der Waals surface area contributed by atoms with E-state index >= 15 is 0 Å². The second-order valence-corrected chi connectivity index (χ2v) is 5.82. The van der Waals surface area contributed by atoms with Crippen LogP contribution in [0.25, 0.3) is 0 Å². The molecule has 1 saturated heterocycles. The number of nitrogens with zero attached hydrogens (tertiary/aromatic N) is 1. The van der Waals surface area contributed by atoms with Gasteiger partial charge in [-0.15, -0.1) is 0 Å². The van der Waals surface area contributed by atoms with E-state index in [1.54, 1.807) is 0 Å². The van der Waals surface area contributed by atoms with Crippen LogP contribution in [0.5, 0.6) is 0 Å². The molecule has 0 saturated carbocycles. The van der Waals surface area contributed by atoms with Crippen LogP contribution in [0.1, 0.15) is 30.6 Å². The number of halogens is 3. The molecule has 2 atom stereocenters. The summed E-state index contributed by atoms with van der Waals surface area (Å²) >= 11 is 3.00. The van der Waals surface area contributed by atoms with Crippen LogP contribution in [0.3, 0.4) is 0 Å². The van der Waals surface area contributed by atoms with E-state index in [-0.39, 0.29) is 16.6 Å². The maximum atomic E-state index is 13.9. The predicted molar refractivity (Wildman–Crippen MR) is 74.6 cm³/mol. The molecule has 0 aliphatic carbocycles. The van der Waals surface area contributed by atoms with Crippen LogP contribution in [-0.4, -0.2) is 36.1 Å². The number of morpholine rings is 1. The number of amides is 1. The quantitative estimate of drug-likeness (QED) is 0.820. The normalized spacial score (nSPS) is 22.9. The van der Waals surface area contributed by atoms with Gasteiger partial charge in [0.1, 0.15) is 17.2 Å². The van der Waals surface area contributed by atoms with E-state index < -0.39 is 23.1 Å². The molecule has 110 valence electrons. The van der Waals surface area contributed by atoms with Gasteiger partial charge in [0.25, 0.3) is 5.91 Å². The number of rotatable bonds is 2. The second kappa shape index (κ2) is 6.18. The van der Waals surface area contributed by atoms with Crippen LogP contribution < -0.4 is 0 Å². The monoisotopic (exact) mass is 347 g/mol. The lowest BCUT2D eigenvalue weighted by Gasteiger charge is -2.38. The highest BCUT2D eigenvalue weighted by Crippen LogP contribution is 2.24. The molecule has 3 nitrogen and oxygen atoms in total. The fraction of sp³-hybridized carbons (Fsp3) is 0.500. The summed E-state index contributed by atoms with van der Waals surface area (Å²) in [5.41, 5.74) is -0.499. The molecule has 2 rings (SSSR count). The zero-order valence-electron chi connectivity index (χ0n) is 11.3. The third-order valence-corrected chi connectivity index (χ3v) is 3.88. The summed E-state index contributed by atoms with van der Waals surface area (Å²) in [6.45, 7) is 4.48. The summed E-state index contributed by atoms with van der Waals surface area (Å²) < 4.78 is 33.6. The lowest BCUT2D eigenvalue weighted by Crippen LogP contribution is -2.51. The van der Waals surface area contributed by atoms with Crippen LogP contribution in [0.15, 0.2) is 16.6 Å². The number of carbonyl (C=O) groups is 1. The molecule has 2 unspecified atom stereocenters. The molecule has 1 aromatic rings. The highest BCUT2D eigenvalue weighted by Gasteiger charge is 2.32. The molecule has 20 heavy (non-hydrogen) atoms. The molecule has 1 heterocycles. The van der Waals surface area contributed by atoms with Crippen molar-refractivity contribution in [3.63, 3.8) is 0 Å². The minimum absolute atomic E-state index is 0.136. The Balaban J connectivity index is 2.34. The van der Waals surface area contributed by atoms with Crippen LogP contribution in [-0.2, 0) is 4.74 Å².